The van der Waals surface area contributed by atoms with Gasteiger partial charge in [-0.25, -0.2) is 4.79 Å². The standard InChI is InChI=1S/C25H16ClNO6/c1-15-5-8-17(9-6-15)24-25(23(29)20-14-18(26)10-11-21(20)32-24)33-22(28)12-7-16-3-2-4-19(13-16)27(30)31/h2-14H,1H3/b12-7+. The lowest BCUT2D eigenvalue weighted by Crippen LogP contribution is -2.14. The molecule has 3 aromatic carbocycles. The van der Waals surface area contributed by atoms with E-state index in [1.807, 2.05) is 19.1 Å². The molecule has 0 atom stereocenters. The number of non-ortho nitro benzene ring substituents is 1. The van der Waals surface area contributed by atoms with Gasteiger partial charge < -0.3 is 9.15 Å². The van der Waals surface area contributed by atoms with Crippen molar-refractivity contribution in [3.8, 4) is 17.1 Å². The smallest absolute Gasteiger partial charge is 0.336 e. The van der Waals surface area contributed by atoms with E-state index >= 15 is 0 Å². The third-order valence-electron chi connectivity index (χ3n) is 4.82. The van der Waals surface area contributed by atoms with E-state index in [9.17, 15) is 19.7 Å². The van der Waals surface area contributed by atoms with Crippen LogP contribution in [0.15, 0.2) is 82.0 Å². The van der Waals surface area contributed by atoms with Crippen LogP contribution < -0.4 is 10.2 Å². The number of nitro groups is 1. The minimum absolute atomic E-state index is 0.104. The zero-order valence-electron chi connectivity index (χ0n) is 17.3. The van der Waals surface area contributed by atoms with E-state index in [1.165, 1.54) is 30.3 Å². The molecule has 4 rings (SSSR count). The van der Waals surface area contributed by atoms with Crippen molar-refractivity contribution in [2.75, 3.05) is 0 Å². The van der Waals surface area contributed by atoms with Gasteiger partial charge in [-0.3, -0.25) is 14.9 Å². The van der Waals surface area contributed by atoms with Crippen LogP contribution in [0.5, 0.6) is 5.75 Å². The Balaban J connectivity index is 1.74. The number of carbonyl (C=O) groups is 1. The fourth-order valence-corrected chi connectivity index (χ4v) is 3.35. The molecule has 0 spiro atoms. The molecule has 0 fully saturated rings. The van der Waals surface area contributed by atoms with Crippen molar-refractivity contribution in [3.63, 3.8) is 0 Å². The third kappa shape index (κ3) is 4.83. The van der Waals surface area contributed by atoms with Gasteiger partial charge in [0.15, 0.2) is 5.76 Å². The summed E-state index contributed by atoms with van der Waals surface area (Å²) in [5.41, 5.74) is 1.63. The molecule has 0 bridgehead atoms. The second-order valence-electron chi connectivity index (χ2n) is 7.20. The average molecular weight is 462 g/mol. The van der Waals surface area contributed by atoms with Crippen molar-refractivity contribution in [1.29, 1.82) is 0 Å². The molecular weight excluding hydrogens is 446 g/mol. The quantitative estimate of drug-likeness (QED) is 0.157. The lowest BCUT2D eigenvalue weighted by Gasteiger charge is -2.10. The second kappa shape index (κ2) is 9.10. The minimum Gasteiger partial charge on any atom is -0.452 e. The van der Waals surface area contributed by atoms with Gasteiger partial charge in [-0.1, -0.05) is 53.6 Å². The predicted octanol–water partition coefficient (Wildman–Crippen LogP) is 5.95. The van der Waals surface area contributed by atoms with Crippen LogP contribution in [0.2, 0.25) is 5.02 Å². The van der Waals surface area contributed by atoms with Gasteiger partial charge >= 0.3 is 5.97 Å². The van der Waals surface area contributed by atoms with Gasteiger partial charge in [-0.2, -0.15) is 0 Å². The number of aryl methyl sites for hydroxylation is 1. The summed E-state index contributed by atoms with van der Waals surface area (Å²) in [6.45, 7) is 1.92. The van der Waals surface area contributed by atoms with E-state index in [0.29, 0.717) is 21.7 Å². The molecule has 0 aliphatic carbocycles. The number of hydrogen-bond acceptors (Lipinski definition) is 6. The topological polar surface area (TPSA) is 99.7 Å². The Morgan fingerprint density at radius 3 is 2.58 bits per heavy atom. The van der Waals surface area contributed by atoms with Crippen molar-refractivity contribution < 1.29 is 18.9 Å². The Morgan fingerprint density at radius 2 is 1.85 bits per heavy atom. The fourth-order valence-electron chi connectivity index (χ4n) is 3.18. The molecule has 0 aliphatic rings. The summed E-state index contributed by atoms with van der Waals surface area (Å²) in [6.07, 6.45) is 2.44. The van der Waals surface area contributed by atoms with Gasteiger partial charge in [0, 0.05) is 28.8 Å². The monoisotopic (exact) mass is 461 g/mol. The van der Waals surface area contributed by atoms with E-state index in [1.54, 1.807) is 30.3 Å². The highest BCUT2D eigenvalue weighted by Gasteiger charge is 2.20. The lowest BCUT2D eigenvalue weighted by molar-refractivity contribution is -0.384. The summed E-state index contributed by atoms with van der Waals surface area (Å²) in [7, 11) is 0. The number of halogens is 1. The Labute approximate surface area is 192 Å². The second-order valence-corrected chi connectivity index (χ2v) is 7.64. The molecule has 8 heteroatoms. The maximum absolute atomic E-state index is 13.2. The van der Waals surface area contributed by atoms with Crippen LogP contribution >= 0.6 is 11.6 Å². The Bertz CT molecular complexity index is 1470. The van der Waals surface area contributed by atoms with Crippen molar-refractivity contribution >= 4 is 40.3 Å². The SMILES string of the molecule is Cc1ccc(-c2oc3ccc(Cl)cc3c(=O)c2OC(=O)/C=C/c2cccc([N+](=O)[O-])c2)cc1. The summed E-state index contributed by atoms with van der Waals surface area (Å²) in [4.78, 5) is 36.1. The molecule has 33 heavy (non-hydrogen) atoms. The normalized spacial score (nSPS) is 11.1. The molecular formula is C25H16ClNO6. The molecule has 1 aromatic heterocycles. The zero-order chi connectivity index (χ0) is 23.5. The van der Waals surface area contributed by atoms with Crippen LogP contribution in [-0.4, -0.2) is 10.9 Å². The number of nitrogens with zero attached hydrogens (tertiary/aromatic N) is 1. The van der Waals surface area contributed by atoms with E-state index in [4.69, 9.17) is 20.8 Å². The highest BCUT2D eigenvalue weighted by molar-refractivity contribution is 6.31. The lowest BCUT2D eigenvalue weighted by atomic mass is 10.1. The molecule has 0 saturated heterocycles. The predicted molar refractivity (Wildman–Crippen MR) is 125 cm³/mol. The summed E-state index contributed by atoms with van der Waals surface area (Å²) in [5, 5.41) is 11.4. The van der Waals surface area contributed by atoms with Gasteiger partial charge in [0.25, 0.3) is 5.69 Å². The molecule has 7 nitrogen and oxygen atoms in total. The number of benzene rings is 3. The van der Waals surface area contributed by atoms with Crippen LogP contribution in [0.3, 0.4) is 0 Å². The van der Waals surface area contributed by atoms with Crippen LogP contribution in [0.25, 0.3) is 28.4 Å². The van der Waals surface area contributed by atoms with Crippen LogP contribution in [-0.2, 0) is 4.79 Å². The maximum atomic E-state index is 13.2. The van der Waals surface area contributed by atoms with E-state index in [2.05, 4.69) is 0 Å². The highest BCUT2D eigenvalue weighted by atomic mass is 35.5. The molecule has 1 heterocycles. The Kier molecular flexibility index (Phi) is 6.06. The van der Waals surface area contributed by atoms with Gasteiger partial charge in [0.2, 0.25) is 11.2 Å². The molecule has 0 N–H and O–H groups in total. The zero-order valence-corrected chi connectivity index (χ0v) is 18.0. The van der Waals surface area contributed by atoms with Crippen molar-refractivity contribution in [2.24, 2.45) is 0 Å². The van der Waals surface area contributed by atoms with Crippen molar-refractivity contribution in [2.45, 2.75) is 6.92 Å². The van der Waals surface area contributed by atoms with Gasteiger partial charge in [0.1, 0.15) is 5.58 Å². The summed E-state index contributed by atoms with van der Waals surface area (Å²) < 4.78 is 11.3. The van der Waals surface area contributed by atoms with Gasteiger partial charge in [-0.15, -0.1) is 0 Å². The average Bonchev–Trinajstić information content (AvgIpc) is 2.80. The van der Waals surface area contributed by atoms with Gasteiger partial charge in [-0.05, 0) is 36.8 Å². The molecule has 0 unspecified atom stereocenters. The molecule has 0 saturated carbocycles. The fraction of sp³-hybridized carbons (Fsp3) is 0.0400. The molecule has 4 aromatic rings. The first-order valence-corrected chi connectivity index (χ1v) is 10.2. The first-order valence-electron chi connectivity index (χ1n) is 9.79. The summed E-state index contributed by atoms with van der Waals surface area (Å²) >= 11 is 6.03. The van der Waals surface area contributed by atoms with Crippen LogP contribution in [0.4, 0.5) is 5.69 Å². The number of hydrogen-bond donors (Lipinski definition) is 0. The molecule has 0 radical (unpaired) electrons. The van der Waals surface area contributed by atoms with Crippen molar-refractivity contribution in [1.82, 2.24) is 0 Å². The third-order valence-corrected chi connectivity index (χ3v) is 5.06. The number of carbonyl (C=O) groups excluding carboxylic acids is 1. The largest absolute Gasteiger partial charge is 0.452 e. The van der Waals surface area contributed by atoms with E-state index < -0.39 is 16.3 Å². The first kappa shape index (κ1) is 22.0. The maximum Gasteiger partial charge on any atom is 0.336 e. The number of rotatable bonds is 5. The molecule has 0 aliphatic heterocycles. The first-order chi connectivity index (χ1) is 15.8. The van der Waals surface area contributed by atoms with Crippen LogP contribution in [0.1, 0.15) is 11.1 Å². The highest BCUT2D eigenvalue weighted by Crippen LogP contribution is 2.32. The van der Waals surface area contributed by atoms with E-state index in [-0.39, 0.29) is 22.6 Å². The summed E-state index contributed by atoms with van der Waals surface area (Å²) in [5.74, 6) is -1.02. The van der Waals surface area contributed by atoms with E-state index in [0.717, 1.165) is 11.6 Å². The number of fused-ring (bicyclic) bond motifs is 1. The van der Waals surface area contributed by atoms with Crippen molar-refractivity contribution in [3.05, 3.63) is 109 Å². The Morgan fingerprint density at radius 1 is 1.09 bits per heavy atom. The number of nitro benzene ring substituents is 1. The molecule has 0 amide bonds. The summed E-state index contributed by atoms with van der Waals surface area (Å²) in [6, 6.07) is 17.6. The van der Waals surface area contributed by atoms with Gasteiger partial charge in [0.05, 0.1) is 10.3 Å². The number of esters is 1. The minimum atomic E-state index is -0.844. The van der Waals surface area contributed by atoms with Crippen LogP contribution in [0, 0.1) is 17.0 Å². The Hall–Kier alpha value is -4.23. The molecule has 164 valence electrons. The number of ether oxygens (including phenoxy) is 1.